The van der Waals surface area contributed by atoms with Gasteiger partial charge in [-0.05, 0) is 37.0 Å². The molecule has 2 rings (SSSR count). The number of hydrogen-bond acceptors (Lipinski definition) is 2. The smallest absolute Gasteiger partial charge is 0.271 e. The normalized spacial score (nSPS) is 15.2. The van der Waals surface area contributed by atoms with Crippen LogP contribution in [0, 0.1) is 5.92 Å². The van der Waals surface area contributed by atoms with Crippen molar-refractivity contribution in [2.75, 3.05) is 0 Å². The number of carbonyl (C=O) groups is 2. The van der Waals surface area contributed by atoms with Crippen molar-refractivity contribution in [3.8, 4) is 0 Å². The first-order valence-electron chi connectivity index (χ1n) is 8.10. The second-order valence-electron chi connectivity index (χ2n) is 6.02. The van der Waals surface area contributed by atoms with E-state index in [0.717, 1.165) is 18.8 Å². The molecule has 6 heteroatoms. The molecule has 1 aliphatic carbocycles. The number of hydrazine groups is 1. The van der Waals surface area contributed by atoms with Gasteiger partial charge >= 0.3 is 0 Å². The van der Waals surface area contributed by atoms with E-state index >= 15 is 0 Å². The minimum Gasteiger partial charge on any atom is -0.273 e. The van der Waals surface area contributed by atoms with E-state index in [1.165, 1.54) is 38.2 Å². The van der Waals surface area contributed by atoms with Gasteiger partial charge in [-0.3, -0.25) is 20.4 Å². The summed E-state index contributed by atoms with van der Waals surface area (Å²) in [5, 5.41) is 0.705. The van der Waals surface area contributed by atoms with Crippen LogP contribution in [-0.4, -0.2) is 11.8 Å². The Hall–Kier alpha value is -1.26. The summed E-state index contributed by atoms with van der Waals surface area (Å²) in [7, 11) is 0. The molecule has 0 atom stereocenters. The van der Waals surface area contributed by atoms with Gasteiger partial charge in [-0.2, -0.15) is 0 Å². The van der Waals surface area contributed by atoms with Gasteiger partial charge in [0.1, 0.15) is 0 Å². The van der Waals surface area contributed by atoms with Gasteiger partial charge in [-0.15, -0.1) is 0 Å². The molecule has 2 amide bonds. The highest BCUT2D eigenvalue weighted by Crippen LogP contribution is 2.27. The SMILES string of the molecule is O=C(CCCC1CCCCC1)NNC(=O)c1cc(Cl)ccc1Cl. The summed E-state index contributed by atoms with van der Waals surface area (Å²) >= 11 is 11.8. The lowest BCUT2D eigenvalue weighted by Crippen LogP contribution is -2.41. The van der Waals surface area contributed by atoms with E-state index in [2.05, 4.69) is 10.9 Å². The van der Waals surface area contributed by atoms with Crippen LogP contribution in [0.15, 0.2) is 18.2 Å². The third-order valence-electron chi connectivity index (χ3n) is 4.23. The zero-order chi connectivity index (χ0) is 16.7. The Bertz CT molecular complexity index is 558. The van der Waals surface area contributed by atoms with E-state index in [4.69, 9.17) is 23.2 Å². The summed E-state index contributed by atoms with van der Waals surface area (Å²) in [6.07, 6.45) is 8.89. The number of nitrogens with one attached hydrogen (secondary N) is 2. The Labute approximate surface area is 146 Å². The van der Waals surface area contributed by atoms with Crippen molar-refractivity contribution < 1.29 is 9.59 Å². The number of hydrogen-bond donors (Lipinski definition) is 2. The number of benzene rings is 1. The van der Waals surface area contributed by atoms with E-state index in [9.17, 15) is 9.59 Å². The summed E-state index contributed by atoms with van der Waals surface area (Å²) in [4.78, 5) is 23.8. The molecule has 0 saturated heterocycles. The predicted molar refractivity (Wildman–Crippen MR) is 92.5 cm³/mol. The average Bonchev–Trinajstić information content (AvgIpc) is 2.56. The minimum atomic E-state index is -0.474. The Balaban J connectivity index is 1.69. The van der Waals surface area contributed by atoms with Crippen LogP contribution in [0.2, 0.25) is 10.0 Å². The summed E-state index contributed by atoms with van der Waals surface area (Å²) in [5.41, 5.74) is 5.04. The molecule has 4 nitrogen and oxygen atoms in total. The van der Waals surface area contributed by atoms with Crippen LogP contribution in [0.25, 0.3) is 0 Å². The summed E-state index contributed by atoms with van der Waals surface area (Å²) in [6, 6.07) is 4.61. The quantitative estimate of drug-likeness (QED) is 0.762. The highest BCUT2D eigenvalue weighted by Gasteiger charge is 2.14. The maximum Gasteiger partial charge on any atom is 0.271 e. The molecule has 2 N–H and O–H groups in total. The summed E-state index contributed by atoms with van der Waals surface area (Å²) in [6.45, 7) is 0. The van der Waals surface area contributed by atoms with Gasteiger partial charge in [0.2, 0.25) is 5.91 Å². The Kier molecular flexibility index (Phi) is 7.18. The number of halogens is 2. The van der Waals surface area contributed by atoms with Crippen molar-refractivity contribution >= 4 is 35.0 Å². The van der Waals surface area contributed by atoms with E-state index in [1.807, 2.05) is 0 Å². The lowest BCUT2D eigenvalue weighted by atomic mass is 9.86. The molecule has 0 aliphatic heterocycles. The van der Waals surface area contributed by atoms with E-state index < -0.39 is 5.91 Å². The highest BCUT2D eigenvalue weighted by molar-refractivity contribution is 6.35. The van der Waals surface area contributed by atoms with E-state index in [1.54, 1.807) is 12.1 Å². The Morgan fingerprint density at radius 2 is 1.83 bits per heavy atom. The lowest BCUT2D eigenvalue weighted by Gasteiger charge is -2.21. The maximum absolute atomic E-state index is 12.0. The van der Waals surface area contributed by atoms with Gasteiger partial charge in [0, 0.05) is 11.4 Å². The fourth-order valence-electron chi connectivity index (χ4n) is 2.95. The van der Waals surface area contributed by atoms with Crippen LogP contribution in [0.1, 0.15) is 61.7 Å². The van der Waals surface area contributed by atoms with Crippen LogP contribution in [-0.2, 0) is 4.79 Å². The third-order valence-corrected chi connectivity index (χ3v) is 4.79. The topological polar surface area (TPSA) is 58.2 Å². The van der Waals surface area contributed by atoms with Crippen LogP contribution >= 0.6 is 23.2 Å². The maximum atomic E-state index is 12.0. The fraction of sp³-hybridized carbons (Fsp3) is 0.529. The van der Waals surface area contributed by atoms with Crippen LogP contribution in [0.3, 0.4) is 0 Å². The molecule has 0 heterocycles. The van der Waals surface area contributed by atoms with Gasteiger partial charge in [-0.25, -0.2) is 0 Å². The largest absolute Gasteiger partial charge is 0.273 e. The van der Waals surface area contributed by atoms with E-state index in [0.29, 0.717) is 16.5 Å². The van der Waals surface area contributed by atoms with Crippen molar-refractivity contribution in [3.05, 3.63) is 33.8 Å². The van der Waals surface area contributed by atoms with Crippen molar-refractivity contribution in [2.45, 2.75) is 51.4 Å². The fourth-order valence-corrected chi connectivity index (χ4v) is 3.33. The predicted octanol–water partition coefficient (Wildman–Crippen LogP) is 4.51. The summed E-state index contributed by atoms with van der Waals surface area (Å²) < 4.78 is 0. The number of carbonyl (C=O) groups excluding carboxylic acids is 2. The second kappa shape index (κ2) is 9.14. The molecule has 1 aromatic rings. The molecule has 0 spiro atoms. The van der Waals surface area contributed by atoms with Crippen LogP contribution in [0.4, 0.5) is 0 Å². The molecular weight excluding hydrogens is 335 g/mol. The molecule has 0 radical (unpaired) electrons. The van der Waals surface area contributed by atoms with Gasteiger partial charge in [0.15, 0.2) is 0 Å². The minimum absolute atomic E-state index is 0.188. The first-order valence-corrected chi connectivity index (χ1v) is 8.86. The zero-order valence-corrected chi connectivity index (χ0v) is 14.6. The molecule has 0 unspecified atom stereocenters. The van der Waals surface area contributed by atoms with Gasteiger partial charge in [0.25, 0.3) is 5.91 Å². The van der Waals surface area contributed by atoms with Gasteiger partial charge in [-0.1, -0.05) is 55.3 Å². The molecule has 0 aromatic heterocycles. The molecule has 0 bridgehead atoms. The molecule has 1 saturated carbocycles. The molecule has 126 valence electrons. The van der Waals surface area contributed by atoms with Gasteiger partial charge in [0.05, 0.1) is 10.6 Å². The van der Waals surface area contributed by atoms with Crippen LogP contribution in [0.5, 0.6) is 0 Å². The molecule has 1 aromatic carbocycles. The lowest BCUT2D eigenvalue weighted by molar-refractivity contribution is -0.122. The first kappa shape index (κ1) is 18.1. The standard InChI is InChI=1S/C17H22Cl2N2O2/c18-13-9-10-15(19)14(11-13)17(23)21-20-16(22)8-4-7-12-5-2-1-3-6-12/h9-12H,1-8H2,(H,20,22)(H,21,23). The molecule has 23 heavy (non-hydrogen) atoms. The highest BCUT2D eigenvalue weighted by atomic mass is 35.5. The third kappa shape index (κ3) is 6.04. The van der Waals surface area contributed by atoms with Gasteiger partial charge < -0.3 is 0 Å². The number of amides is 2. The monoisotopic (exact) mass is 356 g/mol. The van der Waals surface area contributed by atoms with Crippen molar-refractivity contribution in [1.29, 1.82) is 0 Å². The molecule has 1 aliphatic rings. The van der Waals surface area contributed by atoms with Crippen molar-refractivity contribution in [3.63, 3.8) is 0 Å². The zero-order valence-electron chi connectivity index (χ0n) is 13.0. The Morgan fingerprint density at radius 3 is 2.57 bits per heavy atom. The van der Waals surface area contributed by atoms with Crippen molar-refractivity contribution in [1.82, 2.24) is 10.9 Å². The Morgan fingerprint density at radius 1 is 1.09 bits per heavy atom. The second-order valence-corrected chi connectivity index (χ2v) is 6.87. The van der Waals surface area contributed by atoms with Crippen LogP contribution < -0.4 is 10.9 Å². The van der Waals surface area contributed by atoms with Crippen molar-refractivity contribution in [2.24, 2.45) is 5.92 Å². The van der Waals surface area contributed by atoms with E-state index in [-0.39, 0.29) is 11.5 Å². The average molecular weight is 357 g/mol. The summed E-state index contributed by atoms with van der Waals surface area (Å²) in [5.74, 6) is 0.0989. The first-order chi connectivity index (χ1) is 11.1. The molecular formula is C17H22Cl2N2O2. The number of rotatable bonds is 5. The molecule has 1 fully saturated rings.